The molecular weight excluding hydrogens is 238 g/mol. The molecule has 0 amide bonds. The van der Waals surface area contributed by atoms with Crippen molar-refractivity contribution in [3.05, 3.63) is 33.8 Å². The molecule has 0 aliphatic carbocycles. The molecule has 0 atom stereocenters. The van der Waals surface area contributed by atoms with E-state index in [9.17, 15) is 0 Å². The Morgan fingerprint density at radius 2 is 2.14 bits per heavy atom. The Labute approximate surface area is 94.0 Å². The number of halogens is 1. The smallest absolute Gasteiger partial charge is 0.0215 e. The lowest BCUT2D eigenvalue weighted by atomic mass is 9.82. The lowest BCUT2D eigenvalue weighted by molar-refractivity contribution is 0.486. The number of nitrogens with one attached hydrogen (secondary N) is 1. The second kappa shape index (κ2) is 3.67. The van der Waals surface area contributed by atoms with Gasteiger partial charge in [0.05, 0.1) is 0 Å². The minimum atomic E-state index is 0.228. The minimum Gasteiger partial charge on any atom is -0.316 e. The summed E-state index contributed by atoms with van der Waals surface area (Å²) in [6.07, 6.45) is 1.14. The molecule has 1 nitrogen and oxygen atoms in total. The third-order valence-corrected chi connectivity index (χ3v) is 3.58. The Bertz CT molecular complexity index is 344. The second-order valence-corrected chi connectivity index (χ2v) is 5.44. The first-order valence-electron chi connectivity index (χ1n) is 5.10. The van der Waals surface area contributed by atoms with Crippen LogP contribution in [0.3, 0.4) is 0 Å². The van der Waals surface area contributed by atoms with E-state index in [0.29, 0.717) is 0 Å². The average molecular weight is 254 g/mol. The van der Waals surface area contributed by atoms with E-state index in [1.54, 1.807) is 0 Å². The Hall–Kier alpha value is -0.340. The zero-order valence-corrected chi connectivity index (χ0v) is 10.3. The van der Waals surface area contributed by atoms with Gasteiger partial charge in [-0.3, -0.25) is 0 Å². The Morgan fingerprint density at radius 3 is 2.93 bits per heavy atom. The minimum absolute atomic E-state index is 0.228. The maximum absolute atomic E-state index is 3.66. The third-order valence-electron chi connectivity index (χ3n) is 2.91. The molecule has 0 saturated carbocycles. The van der Waals surface area contributed by atoms with Gasteiger partial charge in [-0.25, -0.2) is 0 Å². The molecule has 0 saturated heterocycles. The zero-order chi connectivity index (χ0) is 10.2. The van der Waals surface area contributed by atoms with Crippen LogP contribution in [0.15, 0.2) is 22.7 Å². The summed E-state index contributed by atoms with van der Waals surface area (Å²) in [4.78, 5) is 0. The molecule has 1 aromatic rings. The normalized spacial score (nSPS) is 19.9. The highest BCUT2D eigenvalue weighted by Crippen LogP contribution is 2.34. The molecule has 2 rings (SSSR count). The van der Waals surface area contributed by atoms with Crippen molar-refractivity contribution < 1.29 is 0 Å². The van der Waals surface area contributed by atoms with Crippen LogP contribution < -0.4 is 5.32 Å². The number of hydrogen-bond acceptors (Lipinski definition) is 1. The maximum atomic E-state index is 3.66. The Balaban J connectivity index is 2.58. The number of hydrogen-bond donors (Lipinski definition) is 1. The molecule has 1 aromatic carbocycles. The fraction of sp³-hybridized carbons (Fsp3) is 0.500. The van der Waals surface area contributed by atoms with Crippen LogP contribution in [0.2, 0.25) is 0 Å². The van der Waals surface area contributed by atoms with Gasteiger partial charge in [-0.1, -0.05) is 41.9 Å². The van der Waals surface area contributed by atoms with Gasteiger partial charge in [-0.05, 0) is 30.2 Å². The zero-order valence-electron chi connectivity index (χ0n) is 8.73. The highest BCUT2D eigenvalue weighted by Gasteiger charge is 2.27. The van der Waals surface area contributed by atoms with Crippen molar-refractivity contribution in [1.29, 1.82) is 0 Å². The summed E-state index contributed by atoms with van der Waals surface area (Å²) >= 11 is 3.66. The number of benzene rings is 1. The van der Waals surface area contributed by atoms with Crippen LogP contribution in [0, 0.1) is 0 Å². The summed E-state index contributed by atoms with van der Waals surface area (Å²) in [5.41, 5.74) is 3.19. The van der Waals surface area contributed by atoms with Crippen LogP contribution in [0.5, 0.6) is 0 Å². The fourth-order valence-corrected chi connectivity index (χ4v) is 3.19. The van der Waals surface area contributed by atoms with Gasteiger partial charge in [0.2, 0.25) is 0 Å². The first-order chi connectivity index (χ1) is 6.61. The van der Waals surface area contributed by atoms with Gasteiger partial charge >= 0.3 is 0 Å². The Morgan fingerprint density at radius 1 is 1.36 bits per heavy atom. The van der Waals surface area contributed by atoms with Crippen molar-refractivity contribution >= 4 is 15.9 Å². The van der Waals surface area contributed by atoms with E-state index >= 15 is 0 Å². The molecule has 0 spiro atoms. The van der Waals surface area contributed by atoms with Crippen molar-refractivity contribution in [2.45, 2.75) is 25.7 Å². The van der Waals surface area contributed by atoms with Crippen molar-refractivity contribution in [2.75, 3.05) is 13.1 Å². The van der Waals surface area contributed by atoms with Crippen LogP contribution >= 0.6 is 15.9 Å². The molecule has 0 aromatic heterocycles. The van der Waals surface area contributed by atoms with Crippen molar-refractivity contribution in [1.82, 2.24) is 5.32 Å². The van der Waals surface area contributed by atoms with Gasteiger partial charge in [0, 0.05) is 16.4 Å². The molecule has 0 radical (unpaired) electrons. The van der Waals surface area contributed by atoms with Crippen molar-refractivity contribution in [3.8, 4) is 0 Å². The van der Waals surface area contributed by atoms with Crippen LogP contribution in [0.4, 0.5) is 0 Å². The molecule has 0 bridgehead atoms. The lowest BCUT2D eigenvalue weighted by Crippen LogP contribution is -2.31. The van der Waals surface area contributed by atoms with E-state index < -0.39 is 0 Å². The molecule has 76 valence electrons. The van der Waals surface area contributed by atoms with Crippen LogP contribution in [0.1, 0.15) is 25.0 Å². The third kappa shape index (κ3) is 1.73. The molecule has 0 unspecified atom stereocenters. The largest absolute Gasteiger partial charge is 0.316 e. The van der Waals surface area contributed by atoms with E-state index in [2.05, 4.69) is 53.3 Å². The summed E-state index contributed by atoms with van der Waals surface area (Å²) in [6, 6.07) is 6.52. The number of rotatable bonds is 0. The Kier molecular flexibility index (Phi) is 2.67. The van der Waals surface area contributed by atoms with E-state index in [0.717, 1.165) is 19.5 Å². The van der Waals surface area contributed by atoms with Gasteiger partial charge in [0.15, 0.2) is 0 Å². The predicted molar refractivity (Wildman–Crippen MR) is 63.7 cm³/mol. The van der Waals surface area contributed by atoms with Crippen LogP contribution in [0.25, 0.3) is 0 Å². The monoisotopic (exact) mass is 253 g/mol. The molecule has 0 fully saturated rings. The van der Waals surface area contributed by atoms with Crippen LogP contribution in [-0.2, 0) is 11.8 Å². The fourth-order valence-electron chi connectivity index (χ4n) is 2.25. The van der Waals surface area contributed by atoms with E-state index in [4.69, 9.17) is 0 Å². The lowest BCUT2D eigenvalue weighted by Gasteiger charge is -2.26. The maximum Gasteiger partial charge on any atom is 0.0215 e. The quantitative estimate of drug-likeness (QED) is 0.750. The van der Waals surface area contributed by atoms with Gasteiger partial charge in [0.1, 0.15) is 0 Å². The summed E-state index contributed by atoms with van der Waals surface area (Å²) in [7, 11) is 0. The highest BCUT2D eigenvalue weighted by molar-refractivity contribution is 9.10. The molecule has 1 heterocycles. The van der Waals surface area contributed by atoms with E-state index in [1.807, 2.05) is 0 Å². The molecule has 2 heteroatoms. The topological polar surface area (TPSA) is 12.0 Å². The van der Waals surface area contributed by atoms with Crippen molar-refractivity contribution in [2.24, 2.45) is 0 Å². The highest BCUT2D eigenvalue weighted by atomic mass is 79.9. The van der Waals surface area contributed by atoms with E-state index in [-0.39, 0.29) is 5.41 Å². The summed E-state index contributed by atoms with van der Waals surface area (Å²) in [6.45, 7) is 6.75. The first-order valence-corrected chi connectivity index (χ1v) is 5.89. The molecule has 1 N–H and O–H groups in total. The predicted octanol–water partition coefficient (Wildman–Crippen LogP) is 2.87. The summed E-state index contributed by atoms with van der Waals surface area (Å²) < 4.78 is 1.25. The molecule has 1 aliphatic heterocycles. The van der Waals surface area contributed by atoms with Gasteiger partial charge in [0.25, 0.3) is 0 Å². The second-order valence-electron chi connectivity index (χ2n) is 4.58. The first kappa shape index (κ1) is 10.2. The van der Waals surface area contributed by atoms with Crippen molar-refractivity contribution in [3.63, 3.8) is 0 Å². The molecule has 14 heavy (non-hydrogen) atoms. The molecular formula is C12H16BrN. The SMILES string of the molecule is CC1(C)CNCCc2cccc(Br)c21. The standard InChI is InChI=1S/C12H16BrN/c1-12(2)8-14-7-6-9-4-3-5-10(13)11(9)12/h3-5,14H,6-8H2,1-2H3. The summed E-state index contributed by atoms with van der Waals surface area (Å²) in [5.74, 6) is 0. The van der Waals surface area contributed by atoms with Gasteiger partial charge < -0.3 is 5.32 Å². The van der Waals surface area contributed by atoms with Gasteiger partial charge in [-0.15, -0.1) is 0 Å². The average Bonchev–Trinajstić information content (AvgIpc) is 2.25. The molecule has 1 aliphatic rings. The van der Waals surface area contributed by atoms with Gasteiger partial charge in [-0.2, -0.15) is 0 Å². The summed E-state index contributed by atoms with van der Waals surface area (Å²) in [5, 5.41) is 3.49. The van der Waals surface area contributed by atoms with Crippen LogP contribution in [-0.4, -0.2) is 13.1 Å². The number of fused-ring (bicyclic) bond motifs is 1. The van der Waals surface area contributed by atoms with E-state index in [1.165, 1.54) is 15.6 Å².